The number of pyridine rings is 1. The Kier molecular flexibility index (Phi) is 5.40. The molecule has 0 saturated carbocycles. The lowest BCUT2D eigenvalue weighted by Crippen LogP contribution is -2.40. The molecule has 128 valence electrons. The van der Waals surface area contributed by atoms with Crippen LogP contribution in [0.5, 0.6) is 5.75 Å². The minimum Gasteiger partial charge on any atom is -0.483 e. The van der Waals surface area contributed by atoms with E-state index in [1.54, 1.807) is 24.3 Å². The fourth-order valence-corrected chi connectivity index (χ4v) is 2.57. The van der Waals surface area contributed by atoms with Crippen molar-refractivity contribution < 1.29 is 14.1 Å². The van der Waals surface area contributed by atoms with Crippen LogP contribution < -0.4 is 9.30 Å². The largest absolute Gasteiger partial charge is 0.483 e. The van der Waals surface area contributed by atoms with E-state index in [1.807, 2.05) is 60.2 Å². The SMILES string of the molecule is Cc1ccc(OCc2ccccc2)c[n+]1CC(=O)c1ccc(C#N)cc1. The fraction of sp³-hybridized carbons (Fsp3) is 0.136. The number of carbonyl (C=O) groups is 1. The highest BCUT2D eigenvalue weighted by molar-refractivity contribution is 5.95. The summed E-state index contributed by atoms with van der Waals surface area (Å²) in [5, 5.41) is 8.85. The minimum atomic E-state index is -0.0113. The number of hydrogen-bond donors (Lipinski definition) is 0. The molecule has 0 fully saturated rings. The second-order valence-corrected chi connectivity index (χ2v) is 6.02. The Morgan fingerprint density at radius 3 is 2.46 bits per heavy atom. The van der Waals surface area contributed by atoms with Crippen LogP contribution in [0.1, 0.15) is 27.2 Å². The van der Waals surface area contributed by atoms with Crippen molar-refractivity contribution in [2.24, 2.45) is 0 Å². The monoisotopic (exact) mass is 343 g/mol. The van der Waals surface area contributed by atoms with Gasteiger partial charge in [-0.3, -0.25) is 4.79 Å². The van der Waals surface area contributed by atoms with Crippen LogP contribution in [-0.4, -0.2) is 5.78 Å². The summed E-state index contributed by atoms with van der Waals surface area (Å²) in [6.07, 6.45) is 1.85. The Balaban J connectivity index is 1.70. The molecule has 0 spiro atoms. The molecule has 1 aromatic heterocycles. The van der Waals surface area contributed by atoms with E-state index in [-0.39, 0.29) is 12.3 Å². The molecule has 4 nitrogen and oxygen atoms in total. The second-order valence-electron chi connectivity index (χ2n) is 6.02. The van der Waals surface area contributed by atoms with Gasteiger partial charge in [0.1, 0.15) is 6.61 Å². The van der Waals surface area contributed by atoms with Gasteiger partial charge in [-0.25, -0.2) is 0 Å². The lowest BCUT2D eigenvalue weighted by molar-refractivity contribution is -0.689. The lowest BCUT2D eigenvalue weighted by atomic mass is 10.1. The van der Waals surface area contributed by atoms with Gasteiger partial charge in [-0.15, -0.1) is 0 Å². The highest BCUT2D eigenvalue weighted by Crippen LogP contribution is 2.11. The molecule has 0 aliphatic heterocycles. The number of aryl methyl sites for hydroxylation is 1. The Bertz CT molecular complexity index is 942. The predicted molar refractivity (Wildman–Crippen MR) is 97.6 cm³/mol. The van der Waals surface area contributed by atoms with Gasteiger partial charge in [0.05, 0.1) is 11.6 Å². The van der Waals surface area contributed by atoms with Gasteiger partial charge in [-0.05, 0) is 35.9 Å². The molecule has 0 aliphatic rings. The van der Waals surface area contributed by atoms with Gasteiger partial charge < -0.3 is 4.74 Å². The quantitative estimate of drug-likeness (QED) is 0.507. The van der Waals surface area contributed by atoms with Gasteiger partial charge in [0, 0.05) is 18.6 Å². The van der Waals surface area contributed by atoms with Gasteiger partial charge in [-0.1, -0.05) is 30.3 Å². The smallest absolute Gasteiger partial charge is 0.227 e. The van der Waals surface area contributed by atoms with Crippen LogP contribution in [0.15, 0.2) is 72.9 Å². The van der Waals surface area contributed by atoms with E-state index in [9.17, 15) is 4.79 Å². The van der Waals surface area contributed by atoms with Gasteiger partial charge in [0.2, 0.25) is 18.5 Å². The maximum absolute atomic E-state index is 12.5. The van der Waals surface area contributed by atoms with Crippen LogP contribution in [0.3, 0.4) is 0 Å². The van der Waals surface area contributed by atoms with E-state index in [4.69, 9.17) is 10.00 Å². The third-order valence-electron chi connectivity index (χ3n) is 4.12. The normalized spacial score (nSPS) is 10.2. The number of ketones is 1. The van der Waals surface area contributed by atoms with Gasteiger partial charge in [-0.2, -0.15) is 9.83 Å². The summed E-state index contributed by atoms with van der Waals surface area (Å²) >= 11 is 0. The Morgan fingerprint density at radius 2 is 1.77 bits per heavy atom. The molecule has 0 N–H and O–H groups in total. The van der Waals surface area contributed by atoms with Gasteiger partial charge >= 0.3 is 0 Å². The van der Waals surface area contributed by atoms with Crippen LogP contribution in [0.4, 0.5) is 0 Å². The molecule has 0 aliphatic carbocycles. The minimum absolute atomic E-state index is 0.0113. The van der Waals surface area contributed by atoms with E-state index in [0.717, 1.165) is 11.3 Å². The average Bonchev–Trinajstić information content (AvgIpc) is 2.69. The zero-order valence-electron chi connectivity index (χ0n) is 14.6. The zero-order valence-corrected chi connectivity index (χ0v) is 14.6. The summed E-state index contributed by atoms with van der Waals surface area (Å²) in [5.74, 6) is 0.704. The molecular weight excluding hydrogens is 324 g/mol. The van der Waals surface area contributed by atoms with Crippen LogP contribution >= 0.6 is 0 Å². The standard InChI is InChI=1S/C22H19N2O2/c1-17-7-12-21(26-16-19-5-3-2-4-6-19)14-24(17)15-22(25)20-10-8-18(13-23)9-11-20/h2-12,14H,15-16H2,1H3/q+1. The van der Waals surface area contributed by atoms with E-state index in [1.165, 1.54) is 0 Å². The van der Waals surface area contributed by atoms with Crippen molar-refractivity contribution in [3.8, 4) is 11.8 Å². The second kappa shape index (κ2) is 8.09. The number of rotatable bonds is 6. The molecule has 1 heterocycles. The first-order valence-corrected chi connectivity index (χ1v) is 8.36. The number of hydrogen-bond acceptors (Lipinski definition) is 3. The lowest BCUT2D eigenvalue weighted by Gasteiger charge is -2.07. The molecule has 26 heavy (non-hydrogen) atoms. The third kappa shape index (κ3) is 4.34. The third-order valence-corrected chi connectivity index (χ3v) is 4.12. The van der Waals surface area contributed by atoms with Crippen molar-refractivity contribution in [1.82, 2.24) is 0 Å². The van der Waals surface area contributed by atoms with Crippen LogP contribution in [0, 0.1) is 18.3 Å². The Labute approximate surface area is 152 Å². The number of aromatic nitrogens is 1. The highest BCUT2D eigenvalue weighted by Gasteiger charge is 2.16. The average molecular weight is 343 g/mol. The first-order valence-electron chi connectivity index (χ1n) is 8.36. The van der Waals surface area contributed by atoms with Crippen LogP contribution in [0.25, 0.3) is 0 Å². The van der Waals surface area contributed by atoms with Crippen molar-refractivity contribution in [1.29, 1.82) is 5.26 Å². The number of Topliss-reactive ketones (excluding diaryl/α,β-unsaturated/α-hetero) is 1. The van der Waals surface area contributed by atoms with Crippen LogP contribution in [0.2, 0.25) is 0 Å². The van der Waals surface area contributed by atoms with Crippen molar-refractivity contribution in [2.75, 3.05) is 0 Å². The Morgan fingerprint density at radius 1 is 1.04 bits per heavy atom. The fourth-order valence-electron chi connectivity index (χ4n) is 2.57. The summed E-state index contributed by atoms with van der Waals surface area (Å²) in [5.41, 5.74) is 3.19. The number of carbonyl (C=O) groups excluding carboxylic acids is 1. The van der Waals surface area contributed by atoms with Crippen molar-refractivity contribution in [3.63, 3.8) is 0 Å². The molecule has 0 saturated heterocycles. The first-order chi connectivity index (χ1) is 12.7. The molecule has 3 rings (SSSR count). The van der Waals surface area contributed by atoms with Crippen molar-refractivity contribution >= 4 is 5.78 Å². The van der Waals surface area contributed by atoms with E-state index >= 15 is 0 Å². The molecule has 0 atom stereocenters. The first kappa shape index (κ1) is 17.4. The topological polar surface area (TPSA) is 54.0 Å². The molecular formula is C22H19N2O2+. The summed E-state index contributed by atoms with van der Waals surface area (Å²) in [4.78, 5) is 12.5. The zero-order chi connectivity index (χ0) is 18.4. The highest BCUT2D eigenvalue weighted by atomic mass is 16.5. The number of benzene rings is 2. The van der Waals surface area contributed by atoms with E-state index in [2.05, 4.69) is 6.07 Å². The summed E-state index contributed by atoms with van der Waals surface area (Å²) in [6.45, 7) is 2.65. The number of nitrogens with zero attached hydrogens (tertiary/aromatic N) is 2. The van der Waals surface area contributed by atoms with Crippen LogP contribution in [-0.2, 0) is 13.2 Å². The van der Waals surface area contributed by atoms with E-state index in [0.29, 0.717) is 23.5 Å². The molecule has 3 aromatic rings. The molecule has 2 aromatic carbocycles. The van der Waals surface area contributed by atoms with Gasteiger partial charge in [0.15, 0.2) is 11.4 Å². The van der Waals surface area contributed by atoms with E-state index < -0.39 is 0 Å². The summed E-state index contributed by atoms with van der Waals surface area (Å²) in [6, 6.07) is 22.5. The number of nitriles is 1. The van der Waals surface area contributed by atoms with Crippen molar-refractivity contribution in [3.05, 3.63) is 95.3 Å². The maximum atomic E-state index is 12.5. The van der Waals surface area contributed by atoms with Gasteiger partial charge in [0.25, 0.3) is 0 Å². The molecule has 0 amide bonds. The molecule has 4 heteroatoms. The summed E-state index contributed by atoms with van der Waals surface area (Å²) < 4.78 is 7.71. The molecule has 0 bridgehead atoms. The van der Waals surface area contributed by atoms with Crippen molar-refractivity contribution in [2.45, 2.75) is 20.1 Å². The molecule has 0 radical (unpaired) electrons. The maximum Gasteiger partial charge on any atom is 0.227 e. The Hall–Kier alpha value is -3.45. The summed E-state index contributed by atoms with van der Waals surface area (Å²) in [7, 11) is 0. The number of ether oxygens (including phenoxy) is 1. The molecule has 0 unspecified atom stereocenters. The predicted octanol–water partition coefficient (Wildman–Crippen LogP) is 3.62.